The lowest BCUT2D eigenvalue weighted by Crippen LogP contribution is -2.25. The third-order valence-electron chi connectivity index (χ3n) is 2.89. The van der Waals surface area contributed by atoms with E-state index in [1.165, 1.54) is 6.07 Å². The second-order valence-corrected chi connectivity index (χ2v) is 4.47. The summed E-state index contributed by atoms with van der Waals surface area (Å²) < 4.78 is 13.8. The number of nitrogens with zero attached hydrogens (tertiary/aromatic N) is 2. The van der Waals surface area contributed by atoms with Gasteiger partial charge in [-0.15, -0.1) is 0 Å². The highest BCUT2D eigenvalue weighted by molar-refractivity contribution is 5.43. The normalized spacial score (nSPS) is 10.4. The first-order valence-corrected chi connectivity index (χ1v) is 6.40. The molecule has 0 amide bonds. The maximum atomic E-state index is 13.8. The van der Waals surface area contributed by atoms with Crippen molar-refractivity contribution >= 4 is 11.5 Å². The number of halogens is 1. The Morgan fingerprint density at radius 1 is 1.21 bits per heavy atom. The van der Waals surface area contributed by atoms with Gasteiger partial charge in [0.05, 0.1) is 0 Å². The second kappa shape index (κ2) is 6.18. The quantitative estimate of drug-likeness (QED) is 0.838. The number of benzene rings is 1. The first kappa shape index (κ1) is 13.3. The Labute approximate surface area is 112 Å². The third-order valence-corrected chi connectivity index (χ3v) is 2.89. The number of aromatic nitrogens is 1. The van der Waals surface area contributed by atoms with Gasteiger partial charge in [-0.3, -0.25) is 0 Å². The van der Waals surface area contributed by atoms with Crippen molar-refractivity contribution in [3.63, 3.8) is 0 Å². The minimum atomic E-state index is -0.286. The van der Waals surface area contributed by atoms with E-state index in [-0.39, 0.29) is 5.82 Å². The number of pyridine rings is 1. The van der Waals surface area contributed by atoms with Gasteiger partial charge >= 0.3 is 0 Å². The number of anilines is 2. The summed E-state index contributed by atoms with van der Waals surface area (Å²) in [5.74, 6) is 0.118. The first-order chi connectivity index (χ1) is 9.20. The van der Waals surface area contributed by atoms with E-state index < -0.39 is 0 Å². The molecule has 1 aromatic heterocycles. The molecule has 1 heterocycles. The highest BCUT2D eigenvalue weighted by Crippen LogP contribution is 2.19. The summed E-state index contributed by atoms with van der Waals surface area (Å²) in [6.45, 7) is 3.46. The standard InChI is InChI=1S/C15H18FN3/c1-2-10-19(15-14(16)4-3-9-18-15)11-12-5-7-13(17)8-6-12/h3-9H,2,10-11,17H2,1H3. The van der Waals surface area contributed by atoms with Gasteiger partial charge < -0.3 is 10.6 Å². The number of nitrogen functional groups attached to an aromatic ring is 1. The van der Waals surface area contributed by atoms with Gasteiger partial charge in [0, 0.05) is 25.0 Å². The molecule has 1 aromatic carbocycles. The summed E-state index contributed by atoms with van der Waals surface area (Å²) in [6.07, 6.45) is 2.55. The summed E-state index contributed by atoms with van der Waals surface area (Å²) in [6, 6.07) is 10.7. The zero-order valence-corrected chi connectivity index (χ0v) is 11.0. The van der Waals surface area contributed by atoms with Crippen molar-refractivity contribution in [3.8, 4) is 0 Å². The van der Waals surface area contributed by atoms with Crippen LogP contribution in [0.15, 0.2) is 42.6 Å². The Kier molecular flexibility index (Phi) is 4.34. The maximum absolute atomic E-state index is 13.8. The molecule has 0 atom stereocenters. The highest BCUT2D eigenvalue weighted by Gasteiger charge is 2.12. The predicted molar refractivity (Wildman–Crippen MR) is 76.4 cm³/mol. The number of hydrogen-bond donors (Lipinski definition) is 1. The lowest BCUT2D eigenvalue weighted by Gasteiger charge is -2.23. The molecule has 19 heavy (non-hydrogen) atoms. The van der Waals surface area contributed by atoms with Crippen molar-refractivity contribution in [3.05, 3.63) is 54.0 Å². The van der Waals surface area contributed by atoms with E-state index in [1.54, 1.807) is 12.3 Å². The molecule has 0 saturated heterocycles. The van der Waals surface area contributed by atoms with E-state index in [0.717, 1.165) is 24.2 Å². The van der Waals surface area contributed by atoms with Crippen LogP contribution in [0, 0.1) is 5.82 Å². The van der Waals surface area contributed by atoms with Crippen molar-refractivity contribution in [1.82, 2.24) is 4.98 Å². The molecule has 0 aliphatic heterocycles. The van der Waals surface area contributed by atoms with E-state index in [0.29, 0.717) is 12.4 Å². The fourth-order valence-electron chi connectivity index (χ4n) is 1.98. The summed E-state index contributed by atoms with van der Waals surface area (Å²) in [7, 11) is 0. The molecule has 100 valence electrons. The van der Waals surface area contributed by atoms with Crippen LogP contribution in [0.5, 0.6) is 0 Å². The van der Waals surface area contributed by atoms with Gasteiger partial charge in [0.25, 0.3) is 0 Å². The second-order valence-electron chi connectivity index (χ2n) is 4.47. The van der Waals surface area contributed by atoms with E-state index in [1.807, 2.05) is 29.2 Å². The average molecular weight is 259 g/mol. The molecule has 3 nitrogen and oxygen atoms in total. The predicted octanol–water partition coefficient (Wildman–Crippen LogP) is 3.22. The zero-order valence-electron chi connectivity index (χ0n) is 11.0. The Balaban J connectivity index is 2.21. The average Bonchev–Trinajstić information content (AvgIpc) is 2.41. The van der Waals surface area contributed by atoms with Gasteiger partial charge in [-0.2, -0.15) is 0 Å². The van der Waals surface area contributed by atoms with Crippen LogP contribution >= 0.6 is 0 Å². The van der Waals surface area contributed by atoms with Crippen molar-refractivity contribution in [1.29, 1.82) is 0 Å². The van der Waals surface area contributed by atoms with Gasteiger partial charge in [0.15, 0.2) is 11.6 Å². The van der Waals surface area contributed by atoms with Crippen LogP contribution in [-0.4, -0.2) is 11.5 Å². The summed E-state index contributed by atoms with van der Waals surface area (Å²) in [5, 5.41) is 0. The molecule has 0 fully saturated rings. The number of hydrogen-bond acceptors (Lipinski definition) is 3. The maximum Gasteiger partial charge on any atom is 0.165 e. The van der Waals surface area contributed by atoms with Gasteiger partial charge in [-0.25, -0.2) is 9.37 Å². The molecule has 0 saturated carbocycles. The molecule has 4 heteroatoms. The Hall–Kier alpha value is -2.10. The largest absolute Gasteiger partial charge is 0.399 e. The van der Waals surface area contributed by atoms with Crippen molar-refractivity contribution in [2.24, 2.45) is 0 Å². The minimum absolute atomic E-state index is 0.286. The van der Waals surface area contributed by atoms with Crippen LogP contribution in [0.25, 0.3) is 0 Å². The Bertz CT molecular complexity index is 525. The fraction of sp³-hybridized carbons (Fsp3) is 0.267. The summed E-state index contributed by atoms with van der Waals surface area (Å²) in [4.78, 5) is 6.08. The van der Waals surface area contributed by atoms with E-state index in [2.05, 4.69) is 11.9 Å². The molecule has 0 radical (unpaired) electrons. The first-order valence-electron chi connectivity index (χ1n) is 6.40. The van der Waals surface area contributed by atoms with Crippen molar-refractivity contribution in [2.45, 2.75) is 19.9 Å². The molecule has 0 aliphatic rings. The molecule has 2 aromatic rings. The summed E-state index contributed by atoms with van der Waals surface area (Å²) in [5.41, 5.74) is 7.49. The molecule has 0 bridgehead atoms. The van der Waals surface area contributed by atoms with Crippen LogP contribution in [0.4, 0.5) is 15.9 Å². The van der Waals surface area contributed by atoms with E-state index >= 15 is 0 Å². The Morgan fingerprint density at radius 2 is 1.95 bits per heavy atom. The molecule has 0 unspecified atom stereocenters. The molecule has 2 N–H and O–H groups in total. The molecule has 2 rings (SSSR count). The van der Waals surface area contributed by atoms with Gasteiger partial charge in [-0.05, 0) is 36.2 Å². The Morgan fingerprint density at radius 3 is 2.58 bits per heavy atom. The van der Waals surface area contributed by atoms with Crippen molar-refractivity contribution < 1.29 is 4.39 Å². The van der Waals surface area contributed by atoms with Crippen molar-refractivity contribution in [2.75, 3.05) is 17.2 Å². The molecule has 0 spiro atoms. The topological polar surface area (TPSA) is 42.1 Å². The molecular weight excluding hydrogens is 241 g/mol. The fourth-order valence-corrected chi connectivity index (χ4v) is 1.98. The molecular formula is C15H18FN3. The van der Waals surface area contributed by atoms with Crippen LogP contribution < -0.4 is 10.6 Å². The highest BCUT2D eigenvalue weighted by atomic mass is 19.1. The monoisotopic (exact) mass is 259 g/mol. The lowest BCUT2D eigenvalue weighted by atomic mass is 10.2. The zero-order chi connectivity index (χ0) is 13.7. The van der Waals surface area contributed by atoms with Gasteiger partial charge in [0.1, 0.15) is 0 Å². The van der Waals surface area contributed by atoms with Crippen LogP contribution in [0.3, 0.4) is 0 Å². The van der Waals surface area contributed by atoms with Gasteiger partial charge in [0.2, 0.25) is 0 Å². The minimum Gasteiger partial charge on any atom is -0.399 e. The number of rotatable bonds is 5. The molecule has 0 aliphatic carbocycles. The third kappa shape index (κ3) is 3.44. The van der Waals surface area contributed by atoms with Crippen LogP contribution in [0.2, 0.25) is 0 Å². The van der Waals surface area contributed by atoms with Crippen LogP contribution in [0.1, 0.15) is 18.9 Å². The smallest absolute Gasteiger partial charge is 0.165 e. The lowest BCUT2D eigenvalue weighted by molar-refractivity contribution is 0.605. The van der Waals surface area contributed by atoms with Gasteiger partial charge in [-0.1, -0.05) is 19.1 Å². The van der Waals surface area contributed by atoms with E-state index in [4.69, 9.17) is 5.73 Å². The number of nitrogens with two attached hydrogens (primary N) is 1. The summed E-state index contributed by atoms with van der Waals surface area (Å²) >= 11 is 0. The SMILES string of the molecule is CCCN(Cc1ccc(N)cc1)c1ncccc1F. The van der Waals surface area contributed by atoms with E-state index in [9.17, 15) is 4.39 Å². The van der Waals surface area contributed by atoms with Crippen LogP contribution in [-0.2, 0) is 6.54 Å².